The zero-order valence-corrected chi connectivity index (χ0v) is 9.73. The fraction of sp³-hybridized carbons (Fsp3) is 0.200. The van der Waals surface area contributed by atoms with Crippen molar-refractivity contribution in [1.29, 1.82) is 5.26 Å². The standard InChI is InChI=1S/C15H11FN2/c16-14-9-11(10-17)4-6-13(14)15-7-5-12-3-1-2-8-18(12)15/h1,3-4,6,8-9,15H,5,7H2. The molecule has 2 aliphatic rings. The Bertz CT molecular complexity index is 630. The van der Waals surface area contributed by atoms with Gasteiger partial charge in [-0.05, 0) is 37.1 Å². The van der Waals surface area contributed by atoms with E-state index in [-0.39, 0.29) is 11.9 Å². The van der Waals surface area contributed by atoms with Gasteiger partial charge in [0, 0.05) is 17.5 Å². The number of fused-ring (bicyclic) bond motifs is 1. The molecule has 3 heteroatoms. The van der Waals surface area contributed by atoms with E-state index in [4.69, 9.17) is 5.26 Å². The van der Waals surface area contributed by atoms with Crippen LogP contribution in [0.5, 0.6) is 0 Å². The Morgan fingerprint density at radius 3 is 3.11 bits per heavy atom. The highest BCUT2D eigenvalue weighted by Gasteiger charge is 2.30. The molecule has 1 fully saturated rings. The third-order valence-corrected chi connectivity index (χ3v) is 3.42. The van der Waals surface area contributed by atoms with Crippen LogP contribution in [-0.4, -0.2) is 4.90 Å². The summed E-state index contributed by atoms with van der Waals surface area (Å²) < 4.78 is 14.0. The van der Waals surface area contributed by atoms with Crippen molar-refractivity contribution in [2.75, 3.05) is 0 Å². The molecule has 0 bridgehead atoms. The van der Waals surface area contributed by atoms with Gasteiger partial charge in [-0.1, -0.05) is 6.07 Å². The van der Waals surface area contributed by atoms with E-state index in [2.05, 4.69) is 10.6 Å². The van der Waals surface area contributed by atoms with Crippen LogP contribution in [0.25, 0.3) is 0 Å². The lowest BCUT2D eigenvalue weighted by Crippen LogP contribution is -2.17. The average molecular weight is 238 g/mol. The maximum absolute atomic E-state index is 14.0. The Labute approximate surface area is 105 Å². The van der Waals surface area contributed by atoms with Crippen molar-refractivity contribution in [1.82, 2.24) is 4.90 Å². The monoisotopic (exact) mass is 238 g/mol. The van der Waals surface area contributed by atoms with Crippen molar-refractivity contribution in [3.05, 3.63) is 64.9 Å². The molecule has 0 aromatic heterocycles. The van der Waals surface area contributed by atoms with Crippen LogP contribution in [0.1, 0.15) is 30.0 Å². The van der Waals surface area contributed by atoms with Crippen LogP contribution < -0.4 is 0 Å². The summed E-state index contributed by atoms with van der Waals surface area (Å²) in [5.41, 5.74) is 5.23. The highest BCUT2D eigenvalue weighted by molar-refractivity contribution is 5.36. The van der Waals surface area contributed by atoms with Gasteiger partial charge in [0.1, 0.15) is 5.82 Å². The van der Waals surface area contributed by atoms with Crippen LogP contribution in [0.3, 0.4) is 0 Å². The van der Waals surface area contributed by atoms with Crippen LogP contribution in [0.2, 0.25) is 0 Å². The first-order valence-corrected chi connectivity index (χ1v) is 5.89. The Hall–Kier alpha value is -2.30. The molecule has 2 heterocycles. The van der Waals surface area contributed by atoms with E-state index in [9.17, 15) is 4.39 Å². The molecule has 88 valence electrons. The molecule has 0 aliphatic carbocycles. The molecule has 0 amide bonds. The zero-order valence-electron chi connectivity index (χ0n) is 9.73. The topological polar surface area (TPSA) is 27.0 Å². The minimum absolute atomic E-state index is 0.0187. The smallest absolute Gasteiger partial charge is 0.129 e. The second kappa shape index (κ2) is 4.18. The molecule has 1 atom stereocenters. The Kier molecular flexibility index (Phi) is 2.51. The molecule has 1 unspecified atom stereocenters. The number of benzene rings is 1. The zero-order chi connectivity index (χ0) is 12.5. The van der Waals surface area contributed by atoms with E-state index in [0.29, 0.717) is 11.1 Å². The van der Waals surface area contributed by atoms with E-state index in [1.165, 1.54) is 11.8 Å². The lowest BCUT2D eigenvalue weighted by atomic mass is 10.0. The van der Waals surface area contributed by atoms with E-state index >= 15 is 0 Å². The quantitative estimate of drug-likeness (QED) is 0.701. The minimum atomic E-state index is -0.303. The first-order chi connectivity index (χ1) is 8.79. The summed E-state index contributed by atoms with van der Waals surface area (Å²) in [5, 5.41) is 8.75. The van der Waals surface area contributed by atoms with Gasteiger partial charge < -0.3 is 4.90 Å². The van der Waals surface area contributed by atoms with Gasteiger partial charge in [-0.2, -0.15) is 5.26 Å². The number of allylic oxidation sites excluding steroid dienone is 3. The van der Waals surface area contributed by atoms with Gasteiger partial charge in [-0.25, -0.2) is 4.39 Å². The summed E-state index contributed by atoms with van der Waals surface area (Å²) in [6.45, 7) is 0. The van der Waals surface area contributed by atoms with E-state index in [1.807, 2.05) is 24.4 Å². The molecule has 1 saturated heterocycles. The van der Waals surface area contributed by atoms with Crippen molar-refractivity contribution >= 4 is 0 Å². The summed E-state index contributed by atoms with van der Waals surface area (Å²) >= 11 is 0. The highest BCUT2D eigenvalue weighted by atomic mass is 19.1. The maximum Gasteiger partial charge on any atom is 0.129 e. The molecule has 1 aromatic carbocycles. The largest absolute Gasteiger partial charge is 0.337 e. The number of hydrogen-bond acceptors (Lipinski definition) is 2. The maximum atomic E-state index is 14.0. The molecule has 3 rings (SSSR count). The number of nitriles is 1. The summed E-state index contributed by atoms with van der Waals surface area (Å²) in [6, 6.07) is 6.66. The molecule has 0 spiro atoms. The van der Waals surface area contributed by atoms with Crippen molar-refractivity contribution in [3.63, 3.8) is 0 Å². The average Bonchev–Trinajstić information content (AvgIpc) is 2.82. The number of halogens is 1. The fourth-order valence-electron chi connectivity index (χ4n) is 2.54. The molecule has 2 aliphatic heterocycles. The van der Waals surface area contributed by atoms with Gasteiger partial charge >= 0.3 is 0 Å². The van der Waals surface area contributed by atoms with Crippen LogP contribution >= 0.6 is 0 Å². The van der Waals surface area contributed by atoms with Gasteiger partial charge in [0.2, 0.25) is 0 Å². The number of hydrogen-bond donors (Lipinski definition) is 0. The summed E-state index contributed by atoms with van der Waals surface area (Å²) in [4.78, 5) is 2.06. The highest BCUT2D eigenvalue weighted by Crippen LogP contribution is 2.40. The molecule has 1 aromatic rings. The van der Waals surface area contributed by atoms with Gasteiger partial charge in [-0.3, -0.25) is 0 Å². The normalized spacial score (nSPS) is 20.6. The Morgan fingerprint density at radius 2 is 2.33 bits per heavy atom. The van der Waals surface area contributed by atoms with Crippen LogP contribution in [-0.2, 0) is 0 Å². The number of nitrogens with zero attached hydrogens (tertiary/aromatic N) is 2. The van der Waals surface area contributed by atoms with Gasteiger partial charge in [0.25, 0.3) is 0 Å². The predicted octanol–water partition coefficient (Wildman–Crippen LogP) is 3.40. The van der Waals surface area contributed by atoms with Crippen molar-refractivity contribution < 1.29 is 4.39 Å². The third kappa shape index (κ3) is 1.64. The van der Waals surface area contributed by atoms with Crippen molar-refractivity contribution in [2.45, 2.75) is 18.9 Å². The summed E-state index contributed by atoms with van der Waals surface area (Å²) in [7, 11) is 0. The molecule has 0 radical (unpaired) electrons. The molecular weight excluding hydrogens is 227 g/mol. The fourth-order valence-corrected chi connectivity index (χ4v) is 2.54. The van der Waals surface area contributed by atoms with Crippen molar-refractivity contribution in [3.8, 4) is 6.07 Å². The molecule has 0 N–H and O–H groups in total. The minimum Gasteiger partial charge on any atom is -0.337 e. The van der Waals surface area contributed by atoms with E-state index in [0.717, 1.165) is 12.8 Å². The molecule has 18 heavy (non-hydrogen) atoms. The second-order valence-corrected chi connectivity index (χ2v) is 4.43. The predicted molar refractivity (Wildman–Crippen MR) is 65.7 cm³/mol. The first kappa shape index (κ1) is 10.8. The first-order valence-electron chi connectivity index (χ1n) is 5.89. The lowest BCUT2D eigenvalue weighted by molar-refractivity contribution is 0.387. The number of rotatable bonds is 1. The van der Waals surface area contributed by atoms with Gasteiger partial charge in [0.05, 0.1) is 17.7 Å². The third-order valence-electron chi connectivity index (χ3n) is 3.42. The molecular formula is C15H11FN2. The second-order valence-electron chi connectivity index (χ2n) is 4.43. The Morgan fingerprint density at radius 1 is 1.44 bits per heavy atom. The van der Waals surface area contributed by atoms with Crippen LogP contribution in [0.15, 0.2) is 48.0 Å². The summed E-state index contributed by atoms with van der Waals surface area (Å²) in [5.74, 6) is -0.303. The van der Waals surface area contributed by atoms with Gasteiger partial charge in [0.15, 0.2) is 0 Å². The molecule has 0 saturated carbocycles. The Balaban J connectivity index is 1.99. The lowest BCUT2D eigenvalue weighted by Gasteiger charge is -2.24. The van der Waals surface area contributed by atoms with Gasteiger partial charge in [-0.15, -0.1) is 5.73 Å². The molecule has 2 nitrogen and oxygen atoms in total. The van der Waals surface area contributed by atoms with Crippen molar-refractivity contribution in [2.24, 2.45) is 0 Å². The van der Waals surface area contributed by atoms with Crippen LogP contribution in [0.4, 0.5) is 4.39 Å². The summed E-state index contributed by atoms with van der Waals surface area (Å²) in [6.07, 6.45) is 7.59. The van der Waals surface area contributed by atoms with Crippen LogP contribution in [0, 0.1) is 17.1 Å². The SMILES string of the molecule is N#Cc1ccc(C2CCC3=CC=C=CN32)c(F)c1. The van der Waals surface area contributed by atoms with E-state index in [1.54, 1.807) is 12.1 Å². The van der Waals surface area contributed by atoms with E-state index < -0.39 is 0 Å².